The lowest BCUT2D eigenvalue weighted by atomic mass is 10.3. The Bertz CT molecular complexity index is 596. The van der Waals surface area contributed by atoms with Crippen LogP contribution in [0.15, 0.2) is 30.6 Å². The maximum absolute atomic E-state index is 13.0. The zero-order chi connectivity index (χ0) is 14.5. The van der Waals surface area contributed by atoms with Crippen LogP contribution in [0.25, 0.3) is 0 Å². The number of hydrogen-bond donors (Lipinski definition) is 2. The third-order valence-corrected chi connectivity index (χ3v) is 2.36. The summed E-state index contributed by atoms with van der Waals surface area (Å²) in [5.74, 6) is -1.59. The summed E-state index contributed by atoms with van der Waals surface area (Å²) >= 11 is 0. The highest BCUT2D eigenvalue weighted by atomic mass is 19.1. The standard InChI is InChI=1S/C13H12F2N4O/c1-2-16-12-7-17-11(6-18-12)13(20)19-10-4-8(14)3-9(15)5-10/h3-7H,2H2,1H3,(H,16,18)(H,19,20). The van der Waals surface area contributed by atoms with E-state index >= 15 is 0 Å². The van der Waals surface area contributed by atoms with Gasteiger partial charge in [0.2, 0.25) is 0 Å². The van der Waals surface area contributed by atoms with Crippen molar-refractivity contribution in [2.75, 3.05) is 17.2 Å². The average molecular weight is 278 g/mol. The van der Waals surface area contributed by atoms with Crippen molar-refractivity contribution in [3.8, 4) is 0 Å². The number of nitrogens with one attached hydrogen (secondary N) is 2. The molecule has 2 N–H and O–H groups in total. The first-order valence-electron chi connectivity index (χ1n) is 5.92. The summed E-state index contributed by atoms with van der Waals surface area (Å²) < 4.78 is 26.0. The molecule has 2 rings (SSSR count). The summed E-state index contributed by atoms with van der Waals surface area (Å²) in [5, 5.41) is 5.28. The molecule has 0 bridgehead atoms. The van der Waals surface area contributed by atoms with Crippen LogP contribution in [0.4, 0.5) is 20.3 Å². The SMILES string of the molecule is CCNc1cnc(C(=O)Nc2cc(F)cc(F)c2)cn1. The van der Waals surface area contributed by atoms with Gasteiger partial charge < -0.3 is 10.6 Å². The van der Waals surface area contributed by atoms with E-state index in [9.17, 15) is 13.6 Å². The van der Waals surface area contributed by atoms with E-state index in [1.807, 2.05) is 6.92 Å². The molecule has 1 amide bonds. The monoisotopic (exact) mass is 278 g/mol. The molecule has 2 aromatic rings. The van der Waals surface area contributed by atoms with Crippen molar-refractivity contribution < 1.29 is 13.6 Å². The van der Waals surface area contributed by atoms with Gasteiger partial charge in [-0.1, -0.05) is 0 Å². The predicted molar refractivity (Wildman–Crippen MR) is 70.5 cm³/mol. The minimum absolute atomic E-state index is 0.0186. The topological polar surface area (TPSA) is 66.9 Å². The van der Waals surface area contributed by atoms with Gasteiger partial charge in [0.25, 0.3) is 5.91 Å². The molecular formula is C13H12F2N4O. The number of amides is 1. The zero-order valence-electron chi connectivity index (χ0n) is 10.7. The third kappa shape index (κ3) is 3.47. The van der Waals surface area contributed by atoms with Crippen molar-refractivity contribution in [2.45, 2.75) is 6.92 Å². The second-order valence-corrected chi connectivity index (χ2v) is 3.93. The molecule has 20 heavy (non-hydrogen) atoms. The molecule has 0 saturated carbocycles. The van der Waals surface area contributed by atoms with Crippen LogP contribution in [-0.2, 0) is 0 Å². The first-order valence-corrected chi connectivity index (χ1v) is 5.92. The molecule has 1 aromatic heterocycles. The van der Waals surface area contributed by atoms with Crippen LogP contribution in [0.3, 0.4) is 0 Å². The number of rotatable bonds is 4. The van der Waals surface area contributed by atoms with Gasteiger partial charge in [0.05, 0.1) is 12.4 Å². The Morgan fingerprint density at radius 2 is 1.85 bits per heavy atom. The van der Waals surface area contributed by atoms with Gasteiger partial charge in [-0.3, -0.25) is 4.79 Å². The second-order valence-electron chi connectivity index (χ2n) is 3.93. The van der Waals surface area contributed by atoms with Gasteiger partial charge in [0.15, 0.2) is 0 Å². The first kappa shape index (κ1) is 13.9. The van der Waals surface area contributed by atoms with Gasteiger partial charge in [-0.2, -0.15) is 0 Å². The number of hydrogen-bond acceptors (Lipinski definition) is 4. The summed E-state index contributed by atoms with van der Waals surface area (Å²) in [6.45, 7) is 2.59. The Hall–Kier alpha value is -2.57. The fraction of sp³-hybridized carbons (Fsp3) is 0.154. The van der Waals surface area contributed by atoms with Crippen molar-refractivity contribution in [3.05, 3.63) is 47.9 Å². The molecule has 5 nitrogen and oxygen atoms in total. The van der Waals surface area contributed by atoms with Crippen LogP contribution in [-0.4, -0.2) is 22.4 Å². The average Bonchev–Trinajstić information content (AvgIpc) is 2.38. The number of nitrogens with zero attached hydrogens (tertiary/aromatic N) is 2. The Labute approximate surface area is 114 Å². The number of halogens is 2. The molecule has 0 saturated heterocycles. The fourth-order valence-electron chi connectivity index (χ4n) is 1.54. The molecule has 0 atom stereocenters. The van der Waals surface area contributed by atoms with Crippen LogP contribution < -0.4 is 10.6 Å². The highest BCUT2D eigenvalue weighted by Crippen LogP contribution is 2.13. The maximum atomic E-state index is 13.0. The van der Waals surface area contributed by atoms with Gasteiger partial charge >= 0.3 is 0 Å². The predicted octanol–water partition coefficient (Wildman–Crippen LogP) is 2.44. The number of carbonyl (C=O) groups is 1. The van der Waals surface area contributed by atoms with Gasteiger partial charge in [0.1, 0.15) is 23.1 Å². The van der Waals surface area contributed by atoms with Crippen molar-refractivity contribution >= 4 is 17.4 Å². The molecule has 0 aliphatic rings. The van der Waals surface area contributed by atoms with E-state index in [-0.39, 0.29) is 11.4 Å². The van der Waals surface area contributed by atoms with Gasteiger partial charge in [-0.25, -0.2) is 18.7 Å². The highest BCUT2D eigenvalue weighted by Gasteiger charge is 2.10. The third-order valence-electron chi connectivity index (χ3n) is 2.36. The molecule has 0 fully saturated rings. The minimum atomic E-state index is -0.770. The quantitative estimate of drug-likeness (QED) is 0.901. The van der Waals surface area contributed by atoms with E-state index in [4.69, 9.17) is 0 Å². The maximum Gasteiger partial charge on any atom is 0.275 e. The Morgan fingerprint density at radius 1 is 1.15 bits per heavy atom. The zero-order valence-corrected chi connectivity index (χ0v) is 10.7. The van der Waals surface area contributed by atoms with Crippen molar-refractivity contribution in [1.29, 1.82) is 0 Å². The highest BCUT2D eigenvalue weighted by molar-refractivity contribution is 6.02. The van der Waals surface area contributed by atoms with Crippen molar-refractivity contribution in [1.82, 2.24) is 9.97 Å². The van der Waals surface area contributed by atoms with Crippen molar-refractivity contribution in [2.24, 2.45) is 0 Å². The van der Waals surface area contributed by atoms with E-state index in [2.05, 4.69) is 20.6 Å². The summed E-state index contributed by atoms with van der Waals surface area (Å²) in [6.07, 6.45) is 2.69. The summed E-state index contributed by atoms with van der Waals surface area (Å²) in [7, 11) is 0. The Morgan fingerprint density at radius 3 is 2.40 bits per heavy atom. The molecule has 0 aliphatic heterocycles. The smallest absolute Gasteiger partial charge is 0.275 e. The second kappa shape index (κ2) is 6.05. The number of anilines is 2. The molecule has 7 heteroatoms. The Balaban J connectivity index is 2.11. The molecular weight excluding hydrogens is 266 g/mol. The van der Waals surface area contributed by atoms with E-state index in [1.54, 1.807) is 0 Å². The summed E-state index contributed by atoms with van der Waals surface area (Å²) in [6, 6.07) is 2.75. The van der Waals surface area contributed by atoms with E-state index in [0.717, 1.165) is 18.2 Å². The van der Waals surface area contributed by atoms with Gasteiger partial charge in [-0.15, -0.1) is 0 Å². The number of carbonyl (C=O) groups excluding carboxylic acids is 1. The van der Waals surface area contributed by atoms with Crippen LogP contribution in [0.2, 0.25) is 0 Å². The lowest BCUT2D eigenvalue weighted by Gasteiger charge is -2.06. The van der Waals surface area contributed by atoms with Crippen molar-refractivity contribution in [3.63, 3.8) is 0 Å². The molecule has 0 radical (unpaired) electrons. The lowest BCUT2D eigenvalue weighted by molar-refractivity contribution is 0.102. The first-order chi connectivity index (χ1) is 9.58. The lowest BCUT2D eigenvalue weighted by Crippen LogP contribution is -2.14. The van der Waals surface area contributed by atoms with Gasteiger partial charge in [0, 0.05) is 18.3 Å². The minimum Gasteiger partial charge on any atom is -0.369 e. The van der Waals surface area contributed by atoms with E-state index < -0.39 is 17.5 Å². The van der Waals surface area contributed by atoms with Crippen LogP contribution in [0, 0.1) is 11.6 Å². The molecule has 1 heterocycles. The van der Waals surface area contributed by atoms with E-state index in [1.165, 1.54) is 12.4 Å². The van der Waals surface area contributed by atoms with Gasteiger partial charge in [-0.05, 0) is 19.1 Å². The normalized spacial score (nSPS) is 10.2. The molecule has 0 aliphatic carbocycles. The summed E-state index contributed by atoms with van der Waals surface area (Å²) in [5.41, 5.74) is 0.0707. The summed E-state index contributed by atoms with van der Waals surface area (Å²) in [4.78, 5) is 19.7. The Kier molecular flexibility index (Phi) is 4.19. The van der Waals surface area contributed by atoms with Crippen LogP contribution in [0.1, 0.15) is 17.4 Å². The largest absolute Gasteiger partial charge is 0.369 e. The number of aromatic nitrogens is 2. The molecule has 104 valence electrons. The van der Waals surface area contributed by atoms with Crippen LogP contribution in [0.5, 0.6) is 0 Å². The fourth-order valence-corrected chi connectivity index (χ4v) is 1.54. The number of benzene rings is 1. The molecule has 0 spiro atoms. The van der Waals surface area contributed by atoms with E-state index in [0.29, 0.717) is 12.4 Å². The van der Waals surface area contributed by atoms with Crippen LogP contribution >= 0.6 is 0 Å². The molecule has 0 unspecified atom stereocenters. The molecule has 1 aromatic carbocycles.